The minimum absolute atomic E-state index is 0.0297. The van der Waals surface area contributed by atoms with Crippen molar-refractivity contribution in [3.8, 4) is 0 Å². The molecule has 0 N–H and O–H groups in total. The Labute approximate surface area is 214 Å². The summed E-state index contributed by atoms with van der Waals surface area (Å²) in [5.74, 6) is -0.107. The average Bonchev–Trinajstić information content (AvgIpc) is 3.28. The van der Waals surface area contributed by atoms with Crippen molar-refractivity contribution < 1.29 is 9.59 Å². The number of nitrogens with zero attached hydrogens (tertiary/aromatic N) is 2. The van der Waals surface area contributed by atoms with Gasteiger partial charge in [0.1, 0.15) is 6.54 Å². The molecule has 0 saturated carbocycles. The molecule has 1 heterocycles. The Balaban J connectivity index is 1.72. The fourth-order valence-corrected chi connectivity index (χ4v) is 5.06. The minimum Gasteiger partial charge on any atom is -0.332 e. The molecule has 35 heavy (non-hydrogen) atoms. The first kappa shape index (κ1) is 26.7. The summed E-state index contributed by atoms with van der Waals surface area (Å²) >= 11 is 1.71. The standard InChI is InChI=1S/C30H38N2O2S/c1-4-6-8-11-25-15-17-27(18-16-25)30(34)31(20-5-2)23-29(33)32(21-26-12-9-7-10-13-26)22-28-19-14-24(3)35-28/h7,9-10,12-19H,4-6,8,11,20-23H2,1-3H3. The van der Waals surface area contributed by atoms with Gasteiger partial charge in [-0.05, 0) is 61.6 Å². The second-order valence-corrected chi connectivity index (χ2v) is 10.5. The fraction of sp³-hybridized carbons (Fsp3) is 0.400. The molecule has 0 aliphatic rings. The molecule has 186 valence electrons. The van der Waals surface area contributed by atoms with Gasteiger partial charge in [0.15, 0.2) is 0 Å². The van der Waals surface area contributed by atoms with E-state index in [1.807, 2.05) is 54.3 Å². The van der Waals surface area contributed by atoms with Gasteiger partial charge in [-0.15, -0.1) is 11.3 Å². The first-order valence-electron chi connectivity index (χ1n) is 12.7. The molecule has 3 aromatic rings. The highest BCUT2D eigenvalue weighted by Crippen LogP contribution is 2.19. The number of carbonyl (C=O) groups excluding carboxylic acids is 2. The van der Waals surface area contributed by atoms with Crippen molar-refractivity contribution in [2.24, 2.45) is 0 Å². The largest absolute Gasteiger partial charge is 0.332 e. The van der Waals surface area contributed by atoms with Gasteiger partial charge >= 0.3 is 0 Å². The maximum atomic E-state index is 13.5. The molecular formula is C30H38N2O2S. The third-order valence-electron chi connectivity index (χ3n) is 6.09. The lowest BCUT2D eigenvalue weighted by Gasteiger charge is -2.27. The van der Waals surface area contributed by atoms with E-state index in [1.54, 1.807) is 16.2 Å². The molecule has 5 heteroatoms. The summed E-state index contributed by atoms with van der Waals surface area (Å²) in [6.07, 6.45) is 5.43. The van der Waals surface area contributed by atoms with E-state index in [0.717, 1.165) is 23.3 Å². The lowest BCUT2D eigenvalue weighted by atomic mass is 10.0. The summed E-state index contributed by atoms with van der Waals surface area (Å²) < 4.78 is 0. The van der Waals surface area contributed by atoms with E-state index in [0.29, 0.717) is 25.2 Å². The Hall–Kier alpha value is -2.92. The summed E-state index contributed by atoms with van der Waals surface area (Å²) in [5.41, 5.74) is 2.99. The number of thiophene rings is 1. The molecule has 0 aliphatic heterocycles. The molecule has 3 rings (SSSR count). The predicted molar refractivity (Wildman–Crippen MR) is 146 cm³/mol. The smallest absolute Gasteiger partial charge is 0.254 e. The van der Waals surface area contributed by atoms with E-state index in [9.17, 15) is 9.59 Å². The third kappa shape index (κ3) is 8.36. The third-order valence-corrected chi connectivity index (χ3v) is 7.07. The Morgan fingerprint density at radius 2 is 1.51 bits per heavy atom. The number of aryl methyl sites for hydroxylation is 2. The maximum absolute atomic E-state index is 13.5. The number of unbranched alkanes of at least 4 members (excludes halogenated alkanes) is 2. The van der Waals surface area contributed by atoms with Crippen molar-refractivity contribution >= 4 is 23.2 Å². The van der Waals surface area contributed by atoms with Gasteiger partial charge in [0.25, 0.3) is 5.91 Å². The van der Waals surface area contributed by atoms with Crippen molar-refractivity contribution in [3.05, 3.63) is 93.2 Å². The summed E-state index contributed by atoms with van der Waals surface area (Å²) in [5, 5.41) is 0. The van der Waals surface area contributed by atoms with Crippen molar-refractivity contribution in [2.75, 3.05) is 13.1 Å². The number of carbonyl (C=O) groups is 2. The van der Waals surface area contributed by atoms with Gasteiger partial charge in [-0.1, -0.05) is 69.2 Å². The van der Waals surface area contributed by atoms with Crippen molar-refractivity contribution in [3.63, 3.8) is 0 Å². The van der Waals surface area contributed by atoms with E-state index in [4.69, 9.17) is 0 Å². The second kappa shape index (κ2) is 13.8. The normalized spacial score (nSPS) is 10.8. The molecule has 2 aromatic carbocycles. The Kier molecular flexibility index (Phi) is 10.5. The second-order valence-electron chi connectivity index (χ2n) is 9.13. The summed E-state index contributed by atoms with van der Waals surface area (Å²) in [6, 6.07) is 22.1. The van der Waals surface area contributed by atoms with Gasteiger partial charge in [0.2, 0.25) is 5.91 Å². The van der Waals surface area contributed by atoms with Crippen LogP contribution >= 0.6 is 11.3 Å². The van der Waals surface area contributed by atoms with Crippen LogP contribution in [0.4, 0.5) is 0 Å². The Morgan fingerprint density at radius 1 is 0.771 bits per heavy atom. The molecule has 0 spiro atoms. The first-order chi connectivity index (χ1) is 17.0. The predicted octanol–water partition coefficient (Wildman–Crippen LogP) is 6.87. The van der Waals surface area contributed by atoms with Crippen LogP contribution in [0.5, 0.6) is 0 Å². The van der Waals surface area contributed by atoms with Crippen LogP contribution in [0.15, 0.2) is 66.7 Å². The van der Waals surface area contributed by atoms with E-state index >= 15 is 0 Å². The van der Waals surface area contributed by atoms with Crippen LogP contribution in [-0.2, 0) is 24.3 Å². The highest BCUT2D eigenvalue weighted by atomic mass is 32.1. The van der Waals surface area contributed by atoms with Crippen LogP contribution in [0.2, 0.25) is 0 Å². The summed E-state index contributed by atoms with van der Waals surface area (Å²) in [6.45, 7) is 8.03. The van der Waals surface area contributed by atoms with Gasteiger partial charge in [-0.3, -0.25) is 9.59 Å². The van der Waals surface area contributed by atoms with Crippen LogP contribution in [0.1, 0.15) is 70.8 Å². The molecule has 0 saturated heterocycles. The van der Waals surface area contributed by atoms with E-state index in [2.05, 4.69) is 38.1 Å². The number of amides is 2. The average molecular weight is 491 g/mol. The molecular weight excluding hydrogens is 452 g/mol. The molecule has 0 radical (unpaired) electrons. The fourth-order valence-electron chi connectivity index (χ4n) is 4.16. The van der Waals surface area contributed by atoms with Gasteiger partial charge in [-0.2, -0.15) is 0 Å². The molecule has 0 fully saturated rings. The topological polar surface area (TPSA) is 40.6 Å². The van der Waals surface area contributed by atoms with Gasteiger partial charge < -0.3 is 9.80 Å². The molecule has 0 atom stereocenters. The van der Waals surface area contributed by atoms with Crippen LogP contribution < -0.4 is 0 Å². The minimum atomic E-state index is -0.0769. The van der Waals surface area contributed by atoms with Crippen molar-refractivity contribution in [2.45, 2.75) is 66.0 Å². The number of benzene rings is 2. The van der Waals surface area contributed by atoms with Crippen molar-refractivity contribution in [1.82, 2.24) is 9.80 Å². The summed E-state index contributed by atoms with van der Waals surface area (Å²) in [7, 11) is 0. The summed E-state index contributed by atoms with van der Waals surface area (Å²) in [4.78, 5) is 32.8. The first-order valence-corrected chi connectivity index (χ1v) is 13.6. The monoisotopic (exact) mass is 490 g/mol. The number of rotatable bonds is 13. The zero-order valence-corrected chi connectivity index (χ0v) is 22.2. The molecule has 2 amide bonds. The lowest BCUT2D eigenvalue weighted by molar-refractivity contribution is -0.133. The van der Waals surface area contributed by atoms with E-state index in [1.165, 1.54) is 29.7 Å². The molecule has 0 bridgehead atoms. The van der Waals surface area contributed by atoms with E-state index in [-0.39, 0.29) is 18.4 Å². The van der Waals surface area contributed by atoms with Crippen molar-refractivity contribution in [1.29, 1.82) is 0 Å². The maximum Gasteiger partial charge on any atom is 0.254 e. The van der Waals surface area contributed by atoms with Crippen LogP contribution in [0, 0.1) is 6.92 Å². The Morgan fingerprint density at radius 3 is 2.14 bits per heavy atom. The number of hydrogen-bond donors (Lipinski definition) is 0. The van der Waals surface area contributed by atoms with Crippen LogP contribution in [-0.4, -0.2) is 34.7 Å². The van der Waals surface area contributed by atoms with Gasteiger partial charge in [0.05, 0.1) is 6.54 Å². The number of hydrogen-bond acceptors (Lipinski definition) is 3. The van der Waals surface area contributed by atoms with E-state index < -0.39 is 0 Å². The van der Waals surface area contributed by atoms with Crippen LogP contribution in [0.3, 0.4) is 0 Å². The lowest BCUT2D eigenvalue weighted by Crippen LogP contribution is -2.42. The highest BCUT2D eigenvalue weighted by Gasteiger charge is 2.23. The zero-order chi connectivity index (χ0) is 25.0. The molecule has 4 nitrogen and oxygen atoms in total. The highest BCUT2D eigenvalue weighted by molar-refractivity contribution is 7.11. The molecule has 0 unspecified atom stereocenters. The Bertz CT molecular complexity index is 1060. The quantitative estimate of drug-likeness (QED) is 0.245. The SMILES string of the molecule is CCCCCc1ccc(C(=O)N(CCC)CC(=O)N(Cc2ccccc2)Cc2ccc(C)s2)cc1. The molecule has 1 aromatic heterocycles. The van der Waals surface area contributed by atoms with Crippen LogP contribution in [0.25, 0.3) is 0 Å². The van der Waals surface area contributed by atoms with Gasteiger partial charge in [-0.25, -0.2) is 0 Å². The molecule has 0 aliphatic carbocycles. The van der Waals surface area contributed by atoms with Gasteiger partial charge in [0, 0.05) is 28.4 Å². The zero-order valence-electron chi connectivity index (χ0n) is 21.3.